The van der Waals surface area contributed by atoms with Crippen LogP contribution in [0.3, 0.4) is 0 Å². The van der Waals surface area contributed by atoms with Crippen LogP contribution in [-0.4, -0.2) is 91.8 Å². The number of H-pyrrole nitrogens is 1. The van der Waals surface area contributed by atoms with Crippen LogP contribution in [0.25, 0.3) is 10.9 Å². The molecule has 10 N–H and O–H groups in total. The summed E-state index contributed by atoms with van der Waals surface area (Å²) >= 11 is 0. The molecule has 0 spiro atoms. The first-order valence-corrected chi connectivity index (χ1v) is 11.9. The Bertz CT molecular complexity index is 1210. The molecule has 0 fully saturated rings. The number of carbonyl (C=O) groups excluding carboxylic acids is 3. The van der Waals surface area contributed by atoms with Gasteiger partial charge in [0, 0.05) is 36.4 Å². The molecule has 0 bridgehead atoms. The highest BCUT2D eigenvalue weighted by Crippen LogP contribution is 2.19. The van der Waals surface area contributed by atoms with E-state index in [9.17, 15) is 39.0 Å². The first-order chi connectivity index (χ1) is 18.4. The van der Waals surface area contributed by atoms with Crippen LogP contribution in [0, 0.1) is 0 Å². The number of aromatic nitrogens is 1. The van der Waals surface area contributed by atoms with Crippen molar-refractivity contribution >= 4 is 46.5 Å². The van der Waals surface area contributed by atoms with Crippen LogP contribution < -0.4 is 21.7 Å². The standard InChI is InChI=1S/C24H31N5O10/c25-14(5-7-19(31)32)21(35)29-18(11-30)23(37)27-16(6-8-20(33)34)22(36)28-17(24(38)39)9-12-10-26-15-4-2-1-3-13(12)15/h1-4,10,14,16-18,26,30H,5-9,11,25H2,(H,27,37)(H,28,36)(H,29,35)(H,31,32)(H,33,34)(H,38,39). The van der Waals surface area contributed by atoms with E-state index >= 15 is 0 Å². The van der Waals surface area contributed by atoms with Gasteiger partial charge in [0.1, 0.15) is 18.1 Å². The quantitative estimate of drug-likeness (QED) is 0.114. The molecule has 0 aliphatic rings. The van der Waals surface area contributed by atoms with Crippen LogP contribution in [0.4, 0.5) is 0 Å². The molecular formula is C24H31N5O10. The van der Waals surface area contributed by atoms with E-state index in [2.05, 4.69) is 20.9 Å². The van der Waals surface area contributed by atoms with E-state index in [0.717, 1.165) is 10.9 Å². The van der Waals surface area contributed by atoms with Gasteiger partial charge in [0.15, 0.2) is 0 Å². The maximum absolute atomic E-state index is 13.0. The predicted octanol–water partition coefficient (Wildman–Crippen LogP) is -1.70. The van der Waals surface area contributed by atoms with E-state index in [1.165, 1.54) is 0 Å². The predicted molar refractivity (Wildman–Crippen MR) is 134 cm³/mol. The molecule has 0 saturated heterocycles. The summed E-state index contributed by atoms with van der Waals surface area (Å²) in [6, 6.07) is 1.27. The van der Waals surface area contributed by atoms with Gasteiger partial charge in [-0.25, -0.2) is 4.79 Å². The highest BCUT2D eigenvalue weighted by molar-refractivity contribution is 5.94. The molecule has 2 rings (SSSR count). The lowest BCUT2D eigenvalue weighted by molar-refractivity contribution is -0.143. The van der Waals surface area contributed by atoms with Gasteiger partial charge in [-0.3, -0.25) is 24.0 Å². The third-order valence-corrected chi connectivity index (χ3v) is 5.81. The third-order valence-electron chi connectivity index (χ3n) is 5.81. The number of aliphatic carboxylic acids is 3. The molecular weight excluding hydrogens is 518 g/mol. The van der Waals surface area contributed by atoms with Gasteiger partial charge in [-0.2, -0.15) is 0 Å². The summed E-state index contributed by atoms with van der Waals surface area (Å²) < 4.78 is 0. The zero-order valence-electron chi connectivity index (χ0n) is 20.8. The van der Waals surface area contributed by atoms with Crippen LogP contribution in [0.2, 0.25) is 0 Å². The van der Waals surface area contributed by atoms with Crippen LogP contribution in [0.1, 0.15) is 31.2 Å². The van der Waals surface area contributed by atoms with E-state index in [-0.39, 0.29) is 12.8 Å². The number of amides is 3. The van der Waals surface area contributed by atoms with Crippen molar-refractivity contribution in [2.45, 2.75) is 56.3 Å². The molecule has 2 aromatic rings. The molecule has 0 radical (unpaired) electrons. The van der Waals surface area contributed by atoms with Crippen molar-refractivity contribution in [3.63, 3.8) is 0 Å². The molecule has 3 amide bonds. The lowest BCUT2D eigenvalue weighted by Gasteiger charge is -2.24. The molecule has 1 aromatic heterocycles. The summed E-state index contributed by atoms with van der Waals surface area (Å²) in [5, 5.41) is 44.5. The van der Waals surface area contributed by atoms with Gasteiger partial charge in [0.05, 0.1) is 12.6 Å². The number of para-hydroxylation sites is 1. The number of rotatable bonds is 16. The summed E-state index contributed by atoms with van der Waals surface area (Å²) in [6.07, 6.45) is -0.144. The van der Waals surface area contributed by atoms with Crippen molar-refractivity contribution in [2.75, 3.05) is 6.61 Å². The molecule has 4 atom stereocenters. The fourth-order valence-corrected chi connectivity index (χ4v) is 3.68. The Morgan fingerprint density at radius 2 is 1.36 bits per heavy atom. The van der Waals surface area contributed by atoms with Crippen LogP contribution in [-0.2, 0) is 35.2 Å². The second-order valence-corrected chi connectivity index (χ2v) is 8.74. The monoisotopic (exact) mass is 549 g/mol. The Labute approximate surface area is 221 Å². The highest BCUT2D eigenvalue weighted by atomic mass is 16.4. The maximum atomic E-state index is 13.0. The van der Waals surface area contributed by atoms with Gasteiger partial charge in [-0.15, -0.1) is 0 Å². The molecule has 1 heterocycles. The van der Waals surface area contributed by atoms with E-state index in [1.807, 2.05) is 0 Å². The summed E-state index contributed by atoms with van der Waals surface area (Å²) in [5.41, 5.74) is 6.96. The molecule has 0 aliphatic carbocycles. The molecule has 39 heavy (non-hydrogen) atoms. The second-order valence-electron chi connectivity index (χ2n) is 8.74. The van der Waals surface area contributed by atoms with Crippen molar-refractivity contribution in [1.29, 1.82) is 0 Å². The van der Waals surface area contributed by atoms with Gasteiger partial charge < -0.3 is 47.1 Å². The van der Waals surface area contributed by atoms with Crippen molar-refractivity contribution < 1.29 is 49.2 Å². The Morgan fingerprint density at radius 1 is 0.795 bits per heavy atom. The van der Waals surface area contributed by atoms with Crippen LogP contribution in [0.15, 0.2) is 30.5 Å². The smallest absolute Gasteiger partial charge is 0.326 e. The molecule has 1 aromatic carbocycles. The number of aliphatic hydroxyl groups excluding tert-OH is 1. The lowest BCUT2D eigenvalue weighted by atomic mass is 10.0. The number of fused-ring (bicyclic) bond motifs is 1. The molecule has 15 heteroatoms. The number of carbonyl (C=O) groups is 6. The number of hydrogen-bond acceptors (Lipinski definition) is 8. The lowest BCUT2D eigenvalue weighted by Crippen LogP contribution is -2.58. The highest BCUT2D eigenvalue weighted by Gasteiger charge is 2.31. The van der Waals surface area contributed by atoms with E-state index in [1.54, 1.807) is 30.5 Å². The molecule has 15 nitrogen and oxygen atoms in total. The molecule has 212 valence electrons. The second kappa shape index (κ2) is 14.4. The first-order valence-electron chi connectivity index (χ1n) is 11.9. The summed E-state index contributed by atoms with van der Waals surface area (Å²) in [7, 11) is 0. The van der Waals surface area contributed by atoms with Gasteiger partial charge >= 0.3 is 17.9 Å². The SMILES string of the molecule is NC(CCC(=O)O)C(=O)NC(CO)C(=O)NC(CCC(=O)O)C(=O)NC(Cc1c[nH]c2ccccc12)C(=O)O. The number of aliphatic hydroxyl groups is 1. The van der Waals surface area contributed by atoms with Crippen LogP contribution in [0.5, 0.6) is 0 Å². The number of nitrogens with two attached hydrogens (primary N) is 1. The fourth-order valence-electron chi connectivity index (χ4n) is 3.68. The maximum Gasteiger partial charge on any atom is 0.326 e. The summed E-state index contributed by atoms with van der Waals surface area (Å²) in [6.45, 7) is -0.922. The minimum absolute atomic E-state index is 0.117. The van der Waals surface area contributed by atoms with Crippen LogP contribution >= 0.6 is 0 Å². The number of aromatic amines is 1. The summed E-state index contributed by atoms with van der Waals surface area (Å²) in [4.78, 5) is 74.5. The number of carboxylic acid groups (broad SMARTS) is 3. The van der Waals surface area contributed by atoms with Gasteiger partial charge in [0.2, 0.25) is 17.7 Å². The minimum Gasteiger partial charge on any atom is -0.481 e. The number of nitrogens with one attached hydrogen (secondary N) is 4. The topological polar surface area (TPSA) is 261 Å². The van der Waals surface area contributed by atoms with Crippen molar-refractivity contribution in [2.24, 2.45) is 5.73 Å². The fraction of sp³-hybridized carbons (Fsp3) is 0.417. The average molecular weight is 550 g/mol. The molecule has 0 saturated carbocycles. The van der Waals surface area contributed by atoms with E-state index in [0.29, 0.717) is 5.56 Å². The van der Waals surface area contributed by atoms with Crippen molar-refractivity contribution in [3.8, 4) is 0 Å². The van der Waals surface area contributed by atoms with Crippen molar-refractivity contribution in [3.05, 3.63) is 36.0 Å². The zero-order chi connectivity index (χ0) is 29.1. The zero-order valence-corrected chi connectivity index (χ0v) is 20.8. The molecule has 4 unspecified atom stereocenters. The Balaban J connectivity index is 2.12. The van der Waals surface area contributed by atoms with E-state index < -0.39 is 85.7 Å². The van der Waals surface area contributed by atoms with Gasteiger partial charge in [-0.05, 0) is 24.5 Å². The minimum atomic E-state index is -1.60. The Kier molecular flexibility index (Phi) is 11.4. The number of carboxylic acids is 3. The Hall–Kier alpha value is -4.50. The van der Waals surface area contributed by atoms with Gasteiger partial charge in [0.25, 0.3) is 0 Å². The largest absolute Gasteiger partial charge is 0.481 e. The average Bonchev–Trinajstić information content (AvgIpc) is 3.29. The van der Waals surface area contributed by atoms with Crippen molar-refractivity contribution in [1.82, 2.24) is 20.9 Å². The number of benzene rings is 1. The Morgan fingerprint density at radius 3 is 1.97 bits per heavy atom. The molecule has 0 aliphatic heterocycles. The van der Waals surface area contributed by atoms with Gasteiger partial charge in [-0.1, -0.05) is 18.2 Å². The first kappa shape index (κ1) is 30.7. The third kappa shape index (κ3) is 9.39. The normalized spacial score (nSPS) is 14.0. The summed E-state index contributed by atoms with van der Waals surface area (Å²) in [5.74, 6) is -6.82. The number of hydrogen-bond donors (Lipinski definition) is 9. The van der Waals surface area contributed by atoms with E-state index in [4.69, 9.17) is 15.9 Å².